The average Bonchev–Trinajstić information content (AvgIpc) is 3.52. The highest BCUT2D eigenvalue weighted by Gasteiger charge is 2.22. The molecule has 1 amide bonds. The number of rotatable bonds is 6. The van der Waals surface area contributed by atoms with Crippen LogP contribution in [0.4, 0.5) is 0 Å². The molecule has 0 saturated heterocycles. The Morgan fingerprint density at radius 2 is 1.55 bits per heavy atom. The van der Waals surface area contributed by atoms with Gasteiger partial charge >= 0.3 is 0 Å². The zero-order chi connectivity index (χ0) is 23.8. The van der Waals surface area contributed by atoms with Crippen molar-refractivity contribution >= 4 is 21.8 Å². The third kappa shape index (κ3) is 5.04. The molecule has 0 aliphatic carbocycles. The van der Waals surface area contributed by atoms with E-state index in [0.29, 0.717) is 23.0 Å². The van der Waals surface area contributed by atoms with Gasteiger partial charge in [0.05, 0.1) is 6.61 Å². The van der Waals surface area contributed by atoms with Crippen molar-refractivity contribution in [3.8, 4) is 34.8 Å². The monoisotopic (exact) mass is 515 g/mol. The largest absolute Gasteiger partial charge is 0.442 e. The number of aliphatic hydroxyl groups excluding tert-OH is 1. The minimum Gasteiger partial charge on any atom is -0.442 e. The van der Waals surface area contributed by atoms with Gasteiger partial charge in [-0.3, -0.25) is 4.79 Å². The van der Waals surface area contributed by atoms with Crippen molar-refractivity contribution in [3.63, 3.8) is 0 Å². The molecule has 0 aromatic carbocycles. The molecule has 11 heteroatoms. The van der Waals surface area contributed by atoms with Gasteiger partial charge in [-0.25, -0.2) is 19.9 Å². The number of pyridine rings is 1. The van der Waals surface area contributed by atoms with E-state index in [9.17, 15) is 4.79 Å². The lowest BCUT2D eigenvalue weighted by Crippen LogP contribution is -2.35. The summed E-state index contributed by atoms with van der Waals surface area (Å²) in [4.78, 5) is 29.7. The summed E-state index contributed by atoms with van der Waals surface area (Å²) in [5.74, 6) is 0.167. The summed E-state index contributed by atoms with van der Waals surface area (Å²) >= 11 is 3.51. The average molecular weight is 516 g/mol. The number of carbonyl (C=O) groups is 1. The Balaban J connectivity index is 1.56. The lowest BCUT2D eigenvalue weighted by molar-refractivity contribution is 0.0917. The number of aromatic nitrogens is 4. The fraction of sp³-hybridized carbons (Fsp3) is 0.318. The maximum atomic E-state index is 12.1. The van der Waals surface area contributed by atoms with E-state index < -0.39 is 11.9 Å². The molecule has 0 fully saturated rings. The molecule has 0 radical (unpaired) electrons. The van der Waals surface area contributed by atoms with Gasteiger partial charge in [-0.1, -0.05) is 36.7 Å². The lowest BCUT2D eigenvalue weighted by Gasteiger charge is -2.18. The normalized spacial score (nSPS) is 12.7. The van der Waals surface area contributed by atoms with Gasteiger partial charge in [0.2, 0.25) is 17.7 Å². The van der Waals surface area contributed by atoms with Gasteiger partial charge < -0.3 is 23.7 Å². The molecule has 0 aliphatic rings. The molecule has 33 heavy (non-hydrogen) atoms. The second-order valence-electron chi connectivity index (χ2n) is 8.48. The highest BCUT2D eigenvalue weighted by Crippen LogP contribution is 2.30. The smallest absolute Gasteiger partial charge is 0.273 e. The number of carbonyl (C=O) groups excluding carboxylic acids is 1. The number of hydrogen-bond donors (Lipinski definition) is 2. The molecule has 4 rings (SSSR count). The molecule has 172 valence electrons. The number of aliphatic hydroxyl groups is 1. The summed E-state index contributed by atoms with van der Waals surface area (Å²) in [5, 5.41) is 11.7. The number of nitrogens with zero attached hydrogens (tertiary/aromatic N) is 4. The summed E-state index contributed by atoms with van der Waals surface area (Å²) in [5.41, 5.74) is 2.05. The van der Waals surface area contributed by atoms with Crippen molar-refractivity contribution in [2.75, 3.05) is 6.61 Å². The quantitative estimate of drug-likeness (QED) is 0.385. The summed E-state index contributed by atoms with van der Waals surface area (Å²) in [6.07, 6.45) is 3.99. The first kappa shape index (κ1) is 22.9. The molecule has 10 nitrogen and oxygen atoms in total. The van der Waals surface area contributed by atoms with Crippen molar-refractivity contribution in [2.45, 2.75) is 39.2 Å². The maximum Gasteiger partial charge on any atom is 0.273 e. The van der Waals surface area contributed by atoms with Crippen LogP contribution in [0.2, 0.25) is 0 Å². The van der Waals surface area contributed by atoms with Gasteiger partial charge in [0, 0.05) is 21.6 Å². The molecule has 0 saturated carbocycles. The number of amides is 1. The molecule has 0 bridgehead atoms. The molecule has 2 N–H and O–H groups in total. The van der Waals surface area contributed by atoms with Crippen molar-refractivity contribution in [1.29, 1.82) is 0 Å². The summed E-state index contributed by atoms with van der Waals surface area (Å²) < 4.78 is 17.4. The van der Waals surface area contributed by atoms with E-state index in [1.54, 1.807) is 6.92 Å². The number of hydrogen-bond acceptors (Lipinski definition) is 9. The van der Waals surface area contributed by atoms with Crippen molar-refractivity contribution in [1.82, 2.24) is 25.3 Å². The first-order chi connectivity index (χ1) is 15.6. The maximum absolute atomic E-state index is 12.1. The van der Waals surface area contributed by atoms with E-state index in [2.05, 4.69) is 62.0 Å². The number of halogens is 1. The van der Waals surface area contributed by atoms with E-state index in [-0.39, 0.29) is 29.5 Å². The van der Waals surface area contributed by atoms with Gasteiger partial charge in [-0.2, -0.15) is 0 Å². The Kier molecular flexibility index (Phi) is 6.17. The standard InChI is InChI=1S/C22H22BrN5O5/c1-11(7-29)24-18(30)14-8-31-20(26-14)15-10-33-21(28-15)16-9-32-19(27-16)13-5-12(23)6-17(25-13)22(2,3)4/h5-6,8-11,29H,7H2,1-4H3,(H,24,30). The molecule has 0 aliphatic heterocycles. The van der Waals surface area contributed by atoms with E-state index in [1.165, 1.54) is 18.8 Å². The number of nitrogens with one attached hydrogen (secondary N) is 1. The van der Waals surface area contributed by atoms with Crippen LogP contribution in [0.1, 0.15) is 43.9 Å². The van der Waals surface area contributed by atoms with Crippen LogP contribution in [-0.2, 0) is 5.41 Å². The molecular weight excluding hydrogens is 494 g/mol. The Hall–Kier alpha value is -3.31. The fourth-order valence-electron chi connectivity index (χ4n) is 2.81. The van der Waals surface area contributed by atoms with Gasteiger partial charge in [0.25, 0.3) is 5.91 Å². The molecule has 1 atom stereocenters. The molecule has 0 spiro atoms. The minimum absolute atomic E-state index is 0.0638. The first-order valence-electron chi connectivity index (χ1n) is 10.1. The van der Waals surface area contributed by atoms with Crippen molar-refractivity contribution in [2.24, 2.45) is 0 Å². The Labute approximate surface area is 197 Å². The highest BCUT2D eigenvalue weighted by molar-refractivity contribution is 9.10. The SMILES string of the molecule is CC(CO)NC(=O)c1coc(-c2coc(-c3coc(-c4cc(Br)cc(C(C)(C)C)n4)n3)n2)n1. The molecule has 4 aromatic rings. The van der Waals surface area contributed by atoms with Crippen LogP contribution < -0.4 is 5.32 Å². The van der Waals surface area contributed by atoms with Gasteiger partial charge in [-0.15, -0.1) is 0 Å². The summed E-state index contributed by atoms with van der Waals surface area (Å²) in [6.45, 7) is 7.71. The van der Waals surface area contributed by atoms with Crippen LogP contribution in [0.25, 0.3) is 34.8 Å². The van der Waals surface area contributed by atoms with Gasteiger partial charge in [0.15, 0.2) is 17.1 Å². The van der Waals surface area contributed by atoms with Crippen LogP contribution in [0.3, 0.4) is 0 Å². The Bertz CT molecular complexity index is 1290. The molecular formula is C22H22BrN5O5. The fourth-order valence-corrected chi connectivity index (χ4v) is 3.24. The third-order valence-electron chi connectivity index (χ3n) is 4.61. The van der Waals surface area contributed by atoms with E-state index in [4.69, 9.17) is 18.4 Å². The Morgan fingerprint density at radius 3 is 2.15 bits per heavy atom. The van der Waals surface area contributed by atoms with Crippen LogP contribution in [0, 0.1) is 0 Å². The molecule has 4 heterocycles. The summed E-state index contributed by atoms with van der Waals surface area (Å²) in [7, 11) is 0. The topological polar surface area (TPSA) is 140 Å². The predicted molar refractivity (Wildman–Crippen MR) is 121 cm³/mol. The van der Waals surface area contributed by atoms with Gasteiger partial charge in [0.1, 0.15) is 24.5 Å². The summed E-state index contributed by atoms with van der Waals surface area (Å²) in [6, 6.07) is 3.38. The number of oxazole rings is 3. The zero-order valence-electron chi connectivity index (χ0n) is 18.4. The van der Waals surface area contributed by atoms with Crippen LogP contribution in [0.5, 0.6) is 0 Å². The lowest BCUT2D eigenvalue weighted by atomic mass is 9.91. The molecule has 4 aromatic heterocycles. The Morgan fingerprint density at radius 1 is 0.970 bits per heavy atom. The van der Waals surface area contributed by atoms with Crippen LogP contribution in [0.15, 0.2) is 48.6 Å². The first-order valence-corrected chi connectivity index (χ1v) is 10.9. The third-order valence-corrected chi connectivity index (χ3v) is 5.07. The highest BCUT2D eigenvalue weighted by atomic mass is 79.9. The van der Waals surface area contributed by atoms with Crippen molar-refractivity contribution in [3.05, 3.63) is 46.8 Å². The predicted octanol–water partition coefficient (Wildman–Crippen LogP) is 4.22. The van der Waals surface area contributed by atoms with Crippen molar-refractivity contribution < 1.29 is 23.2 Å². The minimum atomic E-state index is -0.465. The van der Waals surface area contributed by atoms with E-state index in [1.807, 2.05) is 12.1 Å². The van der Waals surface area contributed by atoms with Crippen LogP contribution in [-0.4, -0.2) is 43.6 Å². The van der Waals surface area contributed by atoms with E-state index >= 15 is 0 Å². The molecule has 1 unspecified atom stereocenters. The van der Waals surface area contributed by atoms with Crippen LogP contribution >= 0.6 is 15.9 Å². The second kappa shape index (κ2) is 8.91. The van der Waals surface area contributed by atoms with Gasteiger partial charge in [-0.05, 0) is 19.1 Å². The second-order valence-corrected chi connectivity index (χ2v) is 9.39. The zero-order valence-corrected chi connectivity index (χ0v) is 20.0. The van der Waals surface area contributed by atoms with E-state index in [0.717, 1.165) is 10.2 Å².